The summed E-state index contributed by atoms with van der Waals surface area (Å²) in [6.07, 6.45) is 0. The molecule has 3 aromatic rings. The van der Waals surface area contributed by atoms with Gasteiger partial charge in [0.2, 0.25) is 0 Å². The molecule has 2 aromatic heterocycles. The molecule has 4 nitrogen and oxygen atoms in total. The normalized spacial score (nSPS) is 11.0. The second kappa shape index (κ2) is 2.95. The van der Waals surface area contributed by atoms with Crippen molar-refractivity contribution in [1.82, 2.24) is 15.1 Å². The third-order valence-corrected chi connectivity index (χ3v) is 2.26. The summed E-state index contributed by atoms with van der Waals surface area (Å²) in [7, 11) is 0. The molecule has 1 N–H and O–H groups in total. The number of imidazole rings is 1. The van der Waals surface area contributed by atoms with E-state index in [9.17, 15) is 0 Å². The number of H-pyrrole nitrogens is 1. The molecule has 4 heteroatoms. The molecule has 0 atom stereocenters. The highest BCUT2D eigenvalue weighted by Crippen LogP contribution is 2.19. The van der Waals surface area contributed by atoms with Crippen LogP contribution in [0.1, 0.15) is 5.76 Å². The largest absolute Gasteiger partial charge is 0.361 e. The van der Waals surface area contributed by atoms with Gasteiger partial charge < -0.3 is 9.51 Å². The van der Waals surface area contributed by atoms with Gasteiger partial charge in [0.1, 0.15) is 11.5 Å². The second-order valence-electron chi connectivity index (χ2n) is 3.43. The van der Waals surface area contributed by atoms with E-state index in [-0.39, 0.29) is 0 Å². The van der Waals surface area contributed by atoms with E-state index in [1.807, 2.05) is 37.3 Å². The van der Waals surface area contributed by atoms with Gasteiger partial charge in [-0.3, -0.25) is 0 Å². The van der Waals surface area contributed by atoms with Gasteiger partial charge in [-0.05, 0) is 19.1 Å². The maximum Gasteiger partial charge on any atom is 0.160 e. The molecular weight excluding hydrogens is 190 g/mol. The third kappa shape index (κ3) is 1.30. The van der Waals surface area contributed by atoms with Crippen LogP contribution in [0.5, 0.6) is 0 Å². The summed E-state index contributed by atoms with van der Waals surface area (Å²) in [6.45, 7) is 1.86. The van der Waals surface area contributed by atoms with Crippen LogP contribution in [-0.4, -0.2) is 15.1 Å². The zero-order valence-corrected chi connectivity index (χ0v) is 8.19. The topological polar surface area (TPSA) is 54.7 Å². The minimum Gasteiger partial charge on any atom is -0.361 e. The quantitative estimate of drug-likeness (QED) is 0.655. The molecule has 0 saturated carbocycles. The van der Waals surface area contributed by atoms with E-state index in [1.54, 1.807) is 0 Å². The van der Waals surface area contributed by atoms with Crippen LogP contribution in [0.4, 0.5) is 0 Å². The monoisotopic (exact) mass is 199 g/mol. The lowest BCUT2D eigenvalue weighted by Gasteiger charge is -1.83. The number of rotatable bonds is 1. The summed E-state index contributed by atoms with van der Waals surface area (Å²) in [5.41, 5.74) is 2.69. The van der Waals surface area contributed by atoms with E-state index in [1.165, 1.54) is 0 Å². The number of benzene rings is 1. The first-order chi connectivity index (χ1) is 7.33. The highest BCUT2D eigenvalue weighted by atomic mass is 16.5. The highest BCUT2D eigenvalue weighted by Gasteiger charge is 2.08. The molecule has 0 aliphatic rings. The summed E-state index contributed by atoms with van der Waals surface area (Å²) in [4.78, 5) is 7.61. The van der Waals surface area contributed by atoms with Crippen molar-refractivity contribution in [1.29, 1.82) is 0 Å². The molecular formula is C11H9N3O. The number of fused-ring (bicyclic) bond motifs is 1. The SMILES string of the molecule is Cc1cc(-c2nc3ccccc3[nH]2)no1. The fraction of sp³-hybridized carbons (Fsp3) is 0.0909. The molecule has 0 fully saturated rings. The van der Waals surface area contributed by atoms with E-state index in [0.717, 1.165) is 28.3 Å². The third-order valence-electron chi connectivity index (χ3n) is 2.26. The number of hydrogen-bond donors (Lipinski definition) is 1. The molecule has 0 radical (unpaired) electrons. The summed E-state index contributed by atoms with van der Waals surface area (Å²) in [5.74, 6) is 1.53. The van der Waals surface area contributed by atoms with Crippen LogP contribution < -0.4 is 0 Å². The first kappa shape index (κ1) is 8.23. The van der Waals surface area contributed by atoms with Crippen LogP contribution in [0, 0.1) is 6.92 Å². The molecule has 0 aliphatic heterocycles. The van der Waals surface area contributed by atoms with E-state index in [2.05, 4.69) is 15.1 Å². The summed E-state index contributed by atoms with van der Waals surface area (Å²) >= 11 is 0. The van der Waals surface area contributed by atoms with Crippen LogP contribution >= 0.6 is 0 Å². The van der Waals surface area contributed by atoms with Gasteiger partial charge in [-0.2, -0.15) is 0 Å². The van der Waals surface area contributed by atoms with Crippen molar-refractivity contribution in [2.75, 3.05) is 0 Å². The van der Waals surface area contributed by atoms with E-state index in [4.69, 9.17) is 4.52 Å². The number of hydrogen-bond acceptors (Lipinski definition) is 3. The Balaban J connectivity index is 2.19. The fourth-order valence-electron chi connectivity index (χ4n) is 1.55. The number of aromatic nitrogens is 3. The average Bonchev–Trinajstić information content (AvgIpc) is 2.82. The van der Waals surface area contributed by atoms with Crippen LogP contribution in [0.25, 0.3) is 22.6 Å². The molecule has 2 heterocycles. The molecule has 0 aliphatic carbocycles. The van der Waals surface area contributed by atoms with Crippen molar-refractivity contribution in [2.45, 2.75) is 6.92 Å². The molecule has 0 spiro atoms. The van der Waals surface area contributed by atoms with Gasteiger partial charge in [-0.1, -0.05) is 17.3 Å². The Morgan fingerprint density at radius 1 is 1.27 bits per heavy atom. The van der Waals surface area contributed by atoms with E-state index >= 15 is 0 Å². The lowest BCUT2D eigenvalue weighted by atomic mass is 10.3. The number of nitrogens with one attached hydrogen (secondary N) is 1. The van der Waals surface area contributed by atoms with Crippen LogP contribution in [0.15, 0.2) is 34.9 Å². The lowest BCUT2D eigenvalue weighted by Crippen LogP contribution is -1.77. The van der Waals surface area contributed by atoms with Crippen molar-refractivity contribution < 1.29 is 4.52 Å². The lowest BCUT2D eigenvalue weighted by molar-refractivity contribution is 0.399. The molecule has 3 rings (SSSR count). The predicted octanol–water partition coefficient (Wildman–Crippen LogP) is 2.53. The first-order valence-electron chi connectivity index (χ1n) is 4.71. The maximum atomic E-state index is 5.00. The molecule has 0 amide bonds. The van der Waals surface area contributed by atoms with Crippen molar-refractivity contribution in [3.63, 3.8) is 0 Å². The standard InChI is InChI=1S/C11H9N3O/c1-7-6-10(14-15-7)11-12-8-4-2-3-5-9(8)13-11/h2-6H,1H3,(H,12,13). The van der Waals surface area contributed by atoms with Gasteiger partial charge in [-0.25, -0.2) is 4.98 Å². The molecule has 74 valence electrons. The Bertz CT molecular complexity index is 576. The summed E-state index contributed by atoms with van der Waals surface area (Å²) in [5, 5.41) is 3.91. The Hall–Kier alpha value is -2.10. The minimum atomic E-state index is 0.740. The summed E-state index contributed by atoms with van der Waals surface area (Å²) in [6, 6.07) is 9.73. The molecule has 1 aromatic carbocycles. The van der Waals surface area contributed by atoms with Crippen molar-refractivity contribution >= 4 is 11.0 Å². The minimum absolute atomic E-state index is 0.740. The average molecular weight is 199 g/mol. The van der Waals surface area contributed by atoms with Crippen molar-refractivity contribution in [3.8, 4) is 11.5 Å². The van der Waals surface area contributed by atoms with Crippen LogP contribution in [0.2, 0.25) is 0 Å². The molecule has 0 saturated heterocycles. The smallest absolute Gasteiger partial charge is 0.160 e. The summed E-state index contributed by atoms with van der Waals surface area (Å²) < 4.78 is 5.00. The van der Waals surface area contributed by atoms with Crippen LogP contribution in [-0.2, 0) is 0 Å². The van der Waals surface area contributed by atoms with Gasteiger partial charge in [0.05, 0.1) is 11.0 Å². The van der Waals surface area contributed by atoms with Gasteiger partial charge in [-0.15, -0.1) is 0 Å². The highest BCUT2D eigenvalue weighted by molar-refractivity contribution is 5.78. The van der Waals surface area contributed by atoms with Crippen molar-refractivity contribution in [3.05, 3.63) is 36.1 Å². The Kier molecular flexibility index (Phi) is 1.62. The zero-order chi connectivity index (χ0) is 10.3. The molecule has 0 unspecified atom stereocenters. The first-order valence-corrected chi connectivity index (χ1v) is 4.71. The van der Waals surface area contributed by atoms with Crippen LogP contribution in [0.3, 0.4) is 0 Å². The van der Waals surface area contributed by atoms with Gasteiger partial charge in [0, 0.05) is 6.07 Å². The Morgan fingerprint density at radius 2 is 2.13 bits per heavy atom. The maximum absolute atomic E-state index is 5.00. The predicted molar refractivity (Wildman–Crippen MR) is 56.3 cm³/mol. The number of nitrogens with zero attached hydrogens (tertiary/aromatic N) is 2. The van der Waals surface area contributed by atoms with E-state index < -0.39 is 0 Å². The Morgan fingerprint density at radius 3 is 2.87 bits per heavy atom. The van der Waals surface area contributed by atoms with Gasteiger partial charge in [0.15, 0.2) is 5.82 Å². The van der Waals surface area contributed by atoms with Gasteiger partial charge >= 0.3 is 0 Å². The number of para-hydroxylation sites is 2. The molecule has 0 bridgehead atoms. The number of aromatic amines is 1. The van der Waals surface area contributed by atoms with E-state index in [0.29, 0.717) is 0 Å². The zero-order valence-electron chi connectivity index (χ0n) is 8.19. The fourth-order valence-corrected chi connectivity index (χ4v) is 1.55. The number of aryl methyl sites for hydroxylation is 1. The Labute approximate surface area is 85.9 Å². The second-order valence-corrected chi connectivity index (χ2v) is 3.43. The molecule has 15 heavy (non-hydrogen) atoms. The van der Waals surface area contributed by atoms with Crippen molar-refractivity contribution in [2.24, 2.45) is 0 Å². The van der Waals surface area contributed by atoms with Gasteiger partial charge in [0.25, 0.3) is 0 Å².